The van der Waals surface area contributed by atoms with Crippen LogP contribution in [-0.4, -0.2) is 4.57 Å². The van der Waals surface area contributed by atoms with Crippen molar-refractivity contribution in [3.63, 3.8) is 0 Å². The molecule has 0 aliphatic heterocycles. The second-order valence-corrected chi connectivity index (χ2v) is 13.1. The van der Waals surface area contributed by atoms with E-state index in [9.17, 15) is 0 Å². The van der Waals surface area contributed by atoms with Crippen molar-refractivity contribution in [1.29, 1.82) is 0 Å². The topological polar surface area (TPSA) is 17.0 Å². The molecule has 2 aliphatic carbocycles. The molecule has 2 atom stereocenters. The van der Waals surface area contributed by atoms with Crippen LogP contribution in [0.15, 0.2) is 95.1 Å². The van der Waals surface area contributed by atoms with Crippen molar-refractivity contribution in [2.75, 3.05) is 5.32 Å². The zero-order chi connectivity index (χ0) is 25.5. The Hall–Kier alpha value is -2.78. The van der Waals surface area contributed by atoms with Crippen LogP contribution in [0.25, 0.3) is 27.5 Å². The van der Waals surface area contributed by atoms with Crippen molar-refractivity contribution < 1.29 is 0 Å². The van der Waals surface area contributed by atoms with Crippen molar-refractivity contribution in [1.82, 2.24) is 4.57 Å². The summed E-state index contributed by atoms with van der Waals surface area (Å²) in [5.74, 6) is 0.983. The summed E-state index contributed by atoms with van der Waals surface area (Å²) >= 11 is 3.93. The van der Waals surface area contributed by atoms with Gasteiger partial charge in [0, 0.05) is 32.3 Å². The molecule has 36 heavy (non-hydrogen) atoms. The number of nitrogens with one attached hydrogen (secondary N) is 1. The SMILES string of the molecule is CC1(C)C2C=C(Br)C(Nc3ccc4c5ccccc5n(-c5ccccc5)c4c3)=CC2C(C)(C)C1(C)C. The molecule has 2 unspecified atom stereocenters. The van der Waals surface area contributed by atoms with E-state index in [0.29, 0.717) is 11.8 Å². The Balaban J connectivity index is 1.45. The maximum absolute atomic E-state index is 3.93. The van der Waals surface area contributed by atoms with Gasteiger partial charge in [0.1, 0.15) is 0 Å². The fourth-order valence-electron chi connectivity index (χ4n) is 6.85. The molecule has 1 aromatic heterocycles. The summed E-state index contributed by atoms with van der Waals surface area (Å²) in [7, 11) is 0. The van der Waals surface area contributed by atoms with Crippen LogP contribution in [0.3, 0.4) is 0 Å². The fourth-order valence-corrected chi connectivity index (χ4v) is 7.37. The first-order valence-electron chi connectivity index (χ1n) is 13.0. The van der Waals surface area contributed by atoms with E-state index in [2.05, 4.69) is 152 Å². The summed E-state index contributed by atoms with van der Waals surface area (Å²) in [5, 5.41) is 6.33. The molecule has 3 heteroatoms. The van der Waals surface area contributed by atoms with Gasteiger partial charge in [-0.25, -0.2) is 0 Å². The molecule has 2 aliphatic rings. The number of anilines is 1. The highest BCUT2D eigenvalue weighted by Crippen LogP contribution is 2.69. The molecule has 3 aromatic carbocycles. The van der Waals surface area contributed by atoms with Crippen molar-refractivity contribution in [2.45, 2.75) is 41.5 Å². The van der Waals surface area contributed by atoms with Gasteiger partial charge in [0.15, 0.2) is 0 Å². The molecule has 1 heterocycles. The second kappa shape index (κ2) is 7.86. The average molecular weight is 540 g/mol. The molecule has 0 radical (unpaired) electrons. The first kappa shape index (κ1) is 23.6. The number of benzene rings is 3. The summed E-state index contributed by atoms with van der Waals surface area (Å²) in [6.07, 6.45) is 4.95. The molecule has 1 N–H and O–H groups in total. The van der Waals surface area contributed by atoms with Crippen LogP contribution >= 0.6 is 15.9 Å². The van der Waals surface area contributed by atoms with E-state index in [1.807, 2.05) is 0 Å². The average Bonchev–Trinajstić information content (AvgIpc) is 3.22. The van der Waals surface area contributed by atoms with Crippen LogP contribution in [0.4, 0.5) is 5.69 Å². The molecule has 2 nitrogen and oxygen atoms in total. The van der Waals surface area contributed by atoms with Crippen LogP contribution in [-0.2, 0) is 0 Å². The monoisotopic (exact) mass is 538 g/mol. The molecule has 0 spiro atoms. The van der Waals surface area contributed by atoms with Gasteiger partial charge in [0.2, 0.25) is 0 Å². The van der Waals surface area contributed by atoms with Crippen LogP contribution in [0.2, 0.25) is 0 Å². The maximum atomic E-state index is 3.93. The third-order valence-corrected chi connectivity index (χ3v) is 10.9. The number of halogens is 1. The molecule has 0 amide bonds. The fraction of sp³-hybridized carbons (Fsp3) is 0.333. The number of para-hydroxylation sites is 2. The second-order valence-electron chi connectivity index (χ2n) is 12.3. The predicted octanol–water partition coefficient (Wildman–Crippen LogP) is 9.70. The van der Waals surface area contributed by atoms with E-state index in [-0.39, 0.29) is 16.2 Å². The molecule has 0 bridgehead atoms. The van der Waals surface area contributed by atoms with Gasteiger partial charge in [0.05, 0.1) is 11.0 Å². The Bertz CT molecular complexity index is 1550. The van der Waals surface area contributed by atoms with E-state index in [0.717, 1.165) is 10.2 Å². The lowest BCUT2D eigenvalue weighted by atomic mass is 9.59. The molecule has 1 fully saturated rings. The van der Waals surface area contributed by atoms with Crippen LogP contribution in [0.5, 0.6) is 0 Å². The lowest BCUT2D eigenvalue weighted by Gasteiger charge is -2.45. The highest BCUT2D eigenvalue weighted by molar-refractivity contribution is 9.12. The lowest BCUT2D eigenvalue weighted by Crippen LogP contribution is -2.38. The molecule has 1 saturated carbocycles. The van der Waals surface area contributed by atoms with Crippen molar-refractivity contribution >= 4 is 43.4 Å². The van der Waals surface area contributed by atoms with E-state index in [1.165, 1.54) is 33.2 Å². The minimum atomic E-state index is 0.183. The summed E-state index contributed by atoms with van der Waals surface area (Å²) in [4.78, 5) is 0. The van der Waals surface area contributed by atoms with Gasteiger partial charge in [-0.2, -0.15) is 0 Å². The van der Waals surface area contributed by atoms with Gasteiger partial charge in [-0.05, 0) is 74.3 Å². The quantitative estimate of drug-likeness (QED) is 0.274. The number of allylic oxidation sites excluding steroid dienone is 3. The maximum Gasteiger partial charge on any atom is 0.0561 e. The normalized spacial score (nSPS) is 23.9. The Morgan fingerprint density at radius 1 is 0.694 bits per heavy atom. The number of fused-ring (bicyclic) bond motifs is 4. The van der Waals surface area contributed by atoms with Gasteiger partial charge >= 0.3 is 0 Å². The number of nitrogens with zero attached hydrogens (tertiary/aromatic N) is 1. The standard InChI is InChI=1S/C33H35BrN2/c1-31(2)25-19-27(34)28(20-26(25)32(3,4)33(31,5)6)35-21-16-17-24-23-14-10-11-15-29(23)36(30(24)18-21)22-12-8-7-9-13-22/h7-20,25-26,35H,1-6H3. The number of aromatic nitrogens is 1. The van der Waals surface area contributed by atoms with Gasteiger partial charge in [-0.3, -0.25) is 0 Å². The zero-order valence-electron chi connectivity index (χ0n) is 22.1. The highest BCUT2D eigenvalue weighted by Gasteiger charge is 2.63. The Morgan fingerprint density at radius 2 is 1.31 bits per heavy atom. The van der Waals surface area contributed by atoms with Crippen molar-refractivity contribution in [2.24, 2.45) is 28.1 Å². The molecular weight excluding hydrogens is 504 g/mol. The minimum absolute atomic E-state index is 0.183. The van der Waals surface area contributed by atoms with Crippen molar-refractivity contribution in [3.05, 3.63) is 95.1 Å². The first-order valence-corrected chi connectivity index (χ1v) is 13.8. The van der Waals surface area contributed by atoms with Gasteiger partial charge in [-0.1, -0.05) is 96.2 Å². The third-order valence-electron chi connectivity index (χ3n) is 10.2. The van der Waals surface area contributed by atoms with E-state index >= 15 is 0 Å². The van der Waals surface area contributed by atoms with Crippen molar-refractivity contribution in [3.8, 4) is 5.69 Å². The summed E-state index contributed by atoms with van der Waals surface area (Å²) in [5.41, 5.74) is 6.49. The van der Waals surface area contributed by atoms with E-state index in [1.54, 1.807) is 0 Å². The summed E-state index contributed by atoms with van der Waals surface area (Å²) in [6, 6.07) is 26.1. The highest BCUT2D eigenvalue weighted by atomic mass is 79.9. The molecular formula is C33H35BrN2. The van der Waals surface area contributed by atoms with E-state index < -0.39 is 0 Å². The Kier molecular flexibility index (Phi) is 5.15. The smallest absolute Gasteiger partial charge is 0.0561 e. The Labute approximate surface area is 223 Å². The number of rotatable bonds is 3. The van der Waals surface area contributed by atoms with Gasteiger partial charge < -0.3 is 9.88 Å². The lowest BCUT2D eigenvalue weighted by molar-refractivity contribution is 0.0386. The Morgan fingerprint density at radius 3 is 2.03 bits per heavy atom. The largest absolute Gasteiger partial charge is 0.355 e. The summed E-state index contributed by atoms with van der Waals surface area (Å²) in [6.45, 7) is 14.7. The number of hydrogen-bond donors (Lipinski definition) is 1. The van der Waals surface area contributed by atoms with Gasteiger partial charge in [-0.15, -0.1) is 0 Å². The molecule has 4 aromatic rings. The van der Waals surface area contributed by atoms with Crippen LogP contribution in [0, 0.1) is 28.1 Å². The zero-order valence-corrected chi connectivity index (χ0v) is 23.6. The molecule has 6 rings (SSSR count). The summed E-state index contributed by atoms with van der Waals surface area (Å²) < 4.78 is 3.53. The van der Waals surface area contributed by atoms with Crippen LogP contribution < -0.4 is 5.32 Å². The third kappa shape index (κ3) is 3.14. The first-order chi connectivity index (χ1) is 17.0. The molecule has 184 valence electrons. The molecule has 0 saturated heterocycles. The minimum Gasteiger partial charge on any atom is -0.355 e. The van der Waals surface area contributed by atoms with Crippen LogP contribution in [0.1, 0.15) is 41.5 Å². The predicted molar refractivity (Wildman–Crippen MR) is 158 cm³/mol. The van der Waals surface area contributed by atoms with Gasteiger partial charge in [0.25, 0.3) is 0 Å². The number of hydrogen-bond acceptors (Lipinski definition) is 1. The van der Waals surface area contributed by atoms with E-state index in [4.69, 9.17) is 0 Å².